The van der Waals surface area contributed by atoms with Crippen molar-refractivity contribution in [2.75, 3.05) is 24.3 Å². The molecule has 0 saturated carbocycles. The molecule has 1 amide bonds. The normalized spacial score (nSPS) is 10.3. The molecule has 5 nitrogen and oxygen atoms in total. The molecule has 0 aliphatic heterocycles. The zero-order valence-electron chi connectivity index (χ0n) is 14.9. The number of benzene rings is 2. The van der Waals surface area contributed by atoms with Gasteiger partial charge in [0.25, 0.3) is 5.91 Å². The van der Waals surface area contributed by atoms with Crippen molar-refractivity contribution in [2.24, 2.45) is 0 Å². The molecular formula is C21H20ClN3O2. The van der Waals surface area contributed by atoms with Gasteiger partial charge in [-0.25, -0.2) is 4.98 Å². The number of anilines is 2. The van der Waals surface area contributed by atoms with Crippen LogP contribution in [0.4, 0.5) is 11.5 Å². The van der Waals surface area contributed by atoms with Gasteiger partial charge in [-0.15, -0.1) is 0 Å². The Labute approximate surface area is 163 Å². The highest BCUT2D eigenvalue weighted by atomic mass is 35.5. The van der Waals surface area contributed by atoms with E-state index < -0.39 is 0 Å². The molecule has 27 heavy (non-hydrogen) atoms. The number of para-hydroxylation sites is 1. The van der Waals surface area contributed by atoms with Crippen molar-refractivity contribution in [1.82, 2.24) is 4.98 Å². The number of aromatic nitrogens is 1. The van der Waals surface area contributed by atoms with Crippen LogP contribution >= 0.6 is 11.6 Å². The predicted molar refractivity (Wildman–Crippen MR) is 109 cm³/mol. The largest absolute Gasteiger partial charge is 0.497 e. The summed E-state index contributed by atoms with van der Waals surface area (Å²) in [5.41, 5.74) is 2.25. The fourth-order valence-electron chi connectivity index (χ4n) is 2.59. The van der Waals surface area contributed by atoms with Gasteiger partial charge in [-0.05, 0) is 48.4 Å². The number of nitrogens with zero attached hydrogens (tertiary/aromatic N) is 1. The molecule has 1 aromatic heterocycles. The number of amides is 1. The summed E-state index contributed by atoms with van der Waals surface area (Å²) >= 11 is 6.09. The number of carbonyl (C=O) groups excluding carboxylic acids is 1. The van der Waals surface area contributed by atoms with Crippen LogP contribution in [0.25, 0.3) is 0 Å². The molecular weight excluding hydrogens is 362 g/mol. The second kappa shape index (κ2) is 9.05. The number of halogens is 1. The number of ether oxygens (including phenoxy) is 1. The van der Waals surface area contributed by atoms with Crippen molar-refractivity contribution in [3.63, 3.8) is 0 Å². The maximum absolute atomic E-state index is 12.4. The molecule has 0 unspecified atom stereocenters. The van der Waals surface area contributed by atoms with Crippen LogP contribution in [0.3, 0.4) is 0 Å². The first-order valence-corrected chi connectivity index (χ1v) is 8.92. The predicted octanol–water partition coefficient (Wildman–Crippen LogP) is 4.65. The summed E-state index contributed by atoms with van der Waals surface area (Å²) in [6.45, 7) is 0.690. The molecule has 0 bridgehead atoms. The average Bonchev–Trinajstić information content (AvgIpc) is 2.70. The Morgan fingerprint density at radius 3 is 2.78 bits per heavy atom. The number of nitrogens with one attached hydrogen (secondary N) is 2. The second-order valence-electron chi connectivity index (χ2n) is 5.89. The standard InChI is InChI=1S/C21H20ClN3O2/c1-27-17-6-4-5-15(13-17)9-11-23-20-14-16(10-12-24-20)21(26)25-19-8-3-2-7-18(19)22/h2-8,10,12-14H,9,11H2,1H3,(H,23,24)(H,25,26). The molecule has 0 aliphatic rings. The molecule has 1 heterocycles. The quantitative estimate of drug-likeness (QED) is 0.625. The third kappa shape index (κ3) is 5.21. The molecule has 0 radical (unpaired) electrons. The minimum Gasteiger partial charge on any atom is -0.497 e. The summed E-state index contributed by atoms with van der Waals surface area (Å²) < 4.78 is 5.23. The lowest BCUT2D eigenvalue weighted by Gasteiger charge is -2.09. The lowest BCUT2D eigenvalue weighted by atomic mass is 10.1. The Morgan fingerprint density at radius 1 is 1.11 bits per heavy atom. The van der Waals surface area contributed by atoms with Gasteiger partial charge in [-0.1, -0.05) is 35.9 Å². The van der Waals surface area contributed by atoms with Crippen molar-refractivity contribution in [2.45, 2.75) is 6.42 Å². The summed E-state index contributed by atoms with van der Waals surface area (Å²) in [7, 11) is 1.65. The molecule has 0 fully saturated rings. The molecule has 2 N–H and O–H groups in total. The van der Waals surface area contributed by atoms with Crippen molar-refractivity contribution in [1.29, 1.82) is 0 Å². The minimum absolute atomic E-state index is 0.235. The third-order valence-corrected chi connectivity index (χ3v) is 4.33. The monoisotopic (exact) mass is 381 g/mol. The number of hydrogen-bond donors (Lipinski definition) is 2. The van der Waals surface area contributed by atoms with E-state index >= 15 is 0 Å². The number of hydrogen-bond acceptors (Lipinski definition) is 4. The average molecular weight is 382 g/mol. The Hall–Kier alpha value is -3.05. The smallest absolute Gasteiger partial charge is 0.255 e. The lowest BCUT2D eigenvalue weighted by Crippen LogP contribution is -2.13. The minimum atomic E-state index is -0.235. The van der Waals surface area contributed by atoms with E-state index in [9.17, 15) is 4.79 Å². The molecule has 3 aromatic rings. The van der Waals surface area contributed by atoms with E-state index in [0.29, 0.717) is 28.6 Å². The first kappa shape index (κ1) is 18.7. The zero-order chi connectivity index (χ0) is 19.1. The van der Waals surface area contributed by atoms with E-state index in [2.05, 4.69) is 15.6 Å². The van der Waals surface area contributed by atoms with Crippen molar-refractivity contribution >= 4 is 29.0 Å². The SMILES string of the molecule is COc1cccc(CCNc2cc(C(=O)Nc3ccccc3Cl)ccn2)c1. The third-order valence-electron chi connectivity index (χ3n) is 4.00. The Morgan fingerprint density at radius 2 is 1.96 bits per heavy atom. The topological polar surface area (TPSA) is 63.2 Å². The molecule has 2 aromatic carbocycles. The van der Waals surface area contributed by atoms with Crippen LogP contribution in [0.2, 0.25) is 5.02 Å². The van der Waals surface area contributed by atoms with Gasteiger partial charge >= 0.3 is 0 Å². The number of rotatable bonds is 7. The Bertz CT molecular complexity index is 931. The van der Waals surface area contributed by atoms with Crippen molar-refractivity contribution < 1.29 is 9.53 Å². The molecule has 0 spiro atoms. The van der Waals surface area contributed by atoms with Crippen molar-refractivity contribution in [3.8, 4) is 5.75 Å². The van der Waals surface area contributed by atoms with Crippen LogP contribution in [0.5, 0.6) is 5.75 Å². The zero-order valence-corrected chi connectivity index (χ0v) is 15.7. The maximum Gasteiger partial charge on any atom is 0.255 e. The van der Waals surface area contributed by atoms with Gasteiger partial charge in [0.15, 0.2) is 0 Å². The molecule has 0 saturated heterocycles. The van der Waals surface area contributed by atoms with Crippen molar-refractivity contribution in [3.05, 3.63) is 83.0 Å². The van der Waals surface area contributed by atoms with E-state index in [4.69, 9.17) is 16.3 Å². The molecule has 6 heteroatoms. The van der Waals surface area contributed by atoms with Crippen LogP contribution in [-0.2, 0) is 6.42 Å². The number of methoxy groups -OCH3 is 1. The first-order chi connectivity index (χ1) is 13.2. The summed E-state index contributed by atoms with van der Waals surface area (Å²) in [4.78, 5) is 16.7. The molecule has 138 valence electrons. The fraction of sp³-hybridized carbons (Fsp3) is 0.143. The summed E-state index contributed by atoms with van der Waals surface area (Å²) in [5.74, 6) is 1.25. The maximum atomic E-state index is 12.4. The molecule has 3 rings (SSSR count). The van der Waals surface area contributed by atoms with Crippen LogP contribution in [0, 0.1) is 0 Å². The van der Waals surface area contributed by atoms with E-state index in [1.807, 2.05) is 36.4 Å². The van der Waals surface area contributed by atoms with Crippen LogP contribution in [0.15, 0.2) is 66.9 Å². The van der Waals surface area contributed by atoms with Gasteiger partial charge in [0.05, 0.1) is 17.8 Å². The summed E-state index contributed by atoms with van der Waals surface area (Å²) in [5, 5.41) is 6.55. The van der Waals surface area contributed by atoms with Crippen LogP contribution in [0.1, 0.15) is 15.9 Å². The van der Waals surface area contributed by atoms with Crippen LogP contribution in [-0.4, -0.2) is 24.5 Å². The van der Waals surface area contributed by atoms with Gasteiger partial charge in [0.2, 0.25) is 0 Å². The van der Waals surface area contributed by atoms with E-state index in [0.717, 1.165) is 17.7 Å². The van der Waals surface area contributed by atoms with Gasteiger partial charge in [0.1, 0.15) is 11.6 Å². The fourth-order valence-corrected chi connectivity index (χ4v) is 2.77. The van der Waals surface area contributed by atoms with Gasteiger partial charge in [-0.3, -0.25) is 4.79 Å². The van der Waals surface area contributed by atoms with E-state index in [1.165, 1.54) is 0 Å². The first-order valence-electron chi connectivity index (χ1n) is 8.54. The van der Waals surface area contributed by atoms with E-state index in [-0.39, 0.29) is 5.91 Å². The van der Waals surface area contributed by atoms with Gasteiger partial charge < -0.3 is 15.4 Å². The summed E-state index contributed by atoms with van der Waals surface area (Å²) in [6.07, 6.45) is 2.42. The van der Waals surface area contributed by atoms with Gasteiger partial charge in [-0.2, -0.15) is 0 Å². The Kier molecular flexibility index (Phi) is 6.28. The Balaban J connectivity index is 1.59. The van der Waals surface area contributed by atoms with E-state index in [1.54, 1.807) is 37.6 Å². The van der Waals surface area contributed by atoms with Gasteiger partial charge in [0, 0.05) is 18.3 Å². The molecule has 0 aliphatic carbocycles. The highest BCUT2D eigenvalue weighted by Gasteiger charge is 2.09. The summed E-state index contributed by atoms with van der Waals surface area (Å²) in [6, 6.07) is 18.4. The van der Waals surface area contributed by atoms with Crippen LogP contribution < -0.4 is 15.4 Å². The number of carbonyl (C=O) groups is 1. The lowest BCUT2D eigenvalue weighted by molar-refractivity contribution is 0.102. The highest BCUT2D eigenvalue weighted by Crippen LogP contribution is 2.21. The number of pyridine rings is 1. The highest BCUT2D eigenvalue weighted by molar-refractivity contribution is 6.33. The second-order valence-corrected chi connectivity index (χ2v) is 6.30. The molecule has 0 atom stereocenters.